The van der Waals surface area contributed by atoms with Crippen LogP contribution >= 0.6 is 15.3 Å². The van der Waals surface area contributed by atoms with Gasteiger partial charge in [-0.2, -0.15) is 4.98 Å². The van der Waals surface area contributed by atoms with Crippen LogP contribution in [-0.4, -0.2) is 99.8 Å². The normalized spacial score (nSPS) is 39.7. The van der Waals surface area contributed by atoms with Gasteiger partial charge < -0.3 is 40.0 Å². The number of hydrogen-bond donors (Lipinski definition) is 5. The highest BCUT2D eigenvalue weighted by molar-refractivity contribution is 7.79. The number of imidazole rings is 2. The molecule has 0 amide bonds. The van der Waals surface area contributed by atoms with Crippen LogP contribution in [0.2, 0.25) is 0 Å². The number of phosphoric ester groups is 1. The highest BCUT2D eigenvalue weighted by Gasteiger charge is 2.64. The number of H-pyrrole nitrogens is 1. The average molecular weight is 678 g/mol. The van der Waals surface area contributed by atoms with Crippen LogP contribution in [0.5, 0.6) is 0 Å². The molecule has 21 nitrogen and oxygen atoms in total. The lowest BCUT2D eigenvalue weighted by Crippen LogP contribution is -2.42. The molecule has 4 bridgehead atoms. The monoisotopic (exact) mass is 678 g/mol. The van der Waals surface area contributed by atoms with E-state index in [0.717, 1.165) is 0 Å². The molecule has 2 radical (unpaired) electrons. The zero-order valence-electron chi connectivity index (χ0n) is 23.4. The number of aliphatic hydroxyl groups excluding tert-OH is 1. The third-order valence-corrected chi connectivity index (χ3v) is 10.6. The highest BCUT2D eigenvalue weighted by Crippen LogP contribution is 2.61. The molecule has 1 saturated carbocycles. The van der Waals surface area contributed by atoms with E-state index in [4.69, 9.17) is 46.6 Å². The maximum atomic E-state index is 13.7. The summed E-state index contributed by atoms with van der Waals surface area (Å²) in [5.74, 6) is -0.639. The Morgan fingerprint density at radius 2 is 1.80 bits per heavy atom. The van der Waals surface area contributed by atoms with Crippen LogP contribution in [0.3, 0.4) is 0 Å². The van der Waals surface area contributed by atoms with Gasteiger partial charge in [0.05, 0.1) is 25.9 Å². The van der Waals surface area contributed by atoms with Crippen LogP contribution in [0.1, 0.15) is 25.3 Å². The zero-order chi connectivity index (χ0) is 32.2. The first-order chi connectivity index (χ1) is 21.8. The average Bonchev–Trinajstić information content (AvgIpc) is 3.80. The fourth-order valence-corrected chi connectivity index (χ4v) is 8.65. The first kappa shape index (κ1) is 30.1. The molecule has 24 heteroatoms. The Hall–Kier alpha value is -3.30. The molecular weight excluding hydrogens is 653 g/mol. The third-order valence-electron chi connectivity index (χ3n) is 8.63. The van der Waals surface area contributed by atoms with Crippen molar-refractivity contribution in [1.29, 1.82) is 0 Å². The molecule has 4 fully saturated rings. The summed E-state index contributed by atoms with van der Waals surface area (Å²) in [6.45, 7) is -1.19. The number of ether oxygens (including phenoxy) is 2. The van der Waals surface area contributed by atoms with Crippen molar-refractivity contribution in [2.24, 2.45) is 5.92 Å². The van der Waals surface area contributed by atoms with Gasteiger partial charge in [-0.25, -0.2) is 24.5 Å². The lowest BCUT2D eigenvalue weighted by Gasteiger charge is -2.34. The summed E-state index contributed by atoms with van der Waals surface area (Å²) in [5, 5.41) is 11.2. The van der Waals surface area contributed by atoms with Crippen molar-refractivity contribution in [2.75, 3.05) is 24.7 Å². The molecule has 7 N–H and O–H groups in total. The van der Waals surface area contributed by atoms with Crippen LogP contribution in [0.25, 0.3) is 22.3 Å². The molecule has 0 spiro atoms. The smallest absolute Gasteiger partial charge is 0.387 e. The Labute approximate surface area is 258 Å². The quantitative estimate of drug-likeness (QED) is 0.129. The van der Waals surface area contributed by atoms with E-state index < -0.39 is 82.5 Å². The Morgan fingerprint density at radius 1 is 1.04 bits per heavy atom. The predicted octanol–water partition coefficient (Wildman–Crippen LogP) is -0.746. The van der Waals surface area contributed by atoms with Gasteiger partial charge in [0.15, 0.2) is 28.9 Å². The van der Waals surface area contributed by atoms with Gasteiger partial charge >= 0.3 is 7.82 Å². The van der Waals surface area contributed by atoms with E-state index in [1.54, 1.807) is 4.57 Å². The topological polar surface area (TPSA) is 289 Å². The number of nitrogen functional groups attached to an aromatic ring is 2. The molecule has 3 aliphatic heterocycles. The highest BCUT2D eigenvalue weighted by atomic mass is 31.2. The van der Waals surface area contributed by atoms with Gasteiger partial charge in [-0.05, 0) is 12.8 Å². The minimum absolute atomic E-state index is 0.0538. The Balaban J connectivity index is 1.14. The van der Waals surface area contributed by atoms with Crippen molar-refractivity contribution in [2.45, 2.75) is 55.3 Å². The maximum absolute atomic E-state index is 13.7. The van der Waals surface area contributed by atoms with Gasteiger partial charge in [0.2, 0.25) is 13.5 Å². The van der Waals surface area contributed by atoms with Crippen molar-refractivity contribution in [3.63, 3.8) is 0 Å². The van der Waals surface area contributed by atoms with Gasteiger partial charge in [-0.3, -0.25) is 32.5 Å². The summed E-state index contributed by atoms with van der Waals surface area (Å²) >= 11 is 0. The molecule has 10 atom stereocenters. The van der Waals surface area contributed by atoms with Gasteiger partial charge in [-0.15, -0.1) is 0 Å². The van der Waals surface area contributed by atoms with Gasteiger partial charge in [0.25, 0.3) is 13.0 Å². The molecule has 1 aliphatic carbocycles. The van der Waals surface area contributed by atoms with Gasteiger partial charge in [0.1, 0.15) is 48.1 Å². The fraction of sp³-hybridized carbons (Fsp3) is 0.545. The van der Waals surface area contributed by atoms with Crippen molar-refractivity contribution in [3.05, 3.63) is 29.3 Å². The summed E-state index contributed by atoms with van der Waals surface area (Å²) in [4.78, 5) is 46.1. The number of anilines is 2. The molecule has 4 aliphatic rings. The van der Waals surface area contributed by atoms with E-state index >= 15 is 0 Å². The molecule has 10 unspecified atom stereocenters. The molecule has 242 valence electrons. The van der Waals surface area contributed by atoms with Crippen molar-refractivity contribution in [3.8, 4) is 0 Å². The van der Waals surface area contributed by atoms with E-state index in [0.29, 0.717) is 17.6 Å². The number of nitrogens with one attached hydrogen (secondary N) is 1. The van der Waals surface area contributed by atoms with E-state index in [2.05, 4.69) is 29.9 Å². The number of nitrogens with two attached hydrogens (primary N) is 2. The molecule has 7 heterocycles. The summed E-state index contributed by atoms with van der Waals surface area (Å²) in [7, 11) is -3.37. The minimum Gasteiger partial charge on any atom is -0.387 e. The van der Waals surface area contributed by atoms with Crippen LogP contribution in [0, 0.1) is 5.92 Å². The fourth-order valence-electron chi connectivity index (χ4n) is 6.59. The SMILES string of the molecule is [B]P1(=O)OCC23CCC(C(n4cnc5c(N)ncnc54)O2)C3OP(=O)(O)OCC2OC(n3cnc4c(=O)[nH]c(N)nc43)C(O1)C2O. The predicted molar refractivity (Wildman–Crippen MR) is 153 cm³/mol. The first-order valence-corrected chi connectivity index (χ1v) is 17.0. The second kappa shape index (κ2) is 10.4. The molecular formula is C22H25BN10O11P2. The Bertz CT molecular complexity index is 2030. The molecule has 3 saturated heterocycles. The van der Waals surface area contributed by atoms with Crippen LogP contribution in [0.15, 0.2) is 23.8 Å². The summed E-state index contributed by atoms with van der Waals surface area (Å²) in [5.41, 5.74) is 10.1. The van der Waals surface area contributed by atoms with E-state index in [9.17, 15) is 23.9 Å². The van der Waals surface area contributed by atoms with E-state index in [-0.39, 0.29) is 29.4 Å². The number of nitrogens with zero attached hydrogens (tertiary/aromatic N) is 7. The van der Waals surface area contributed by atoms with Crippen LogP contribution in [-0.2, 0) is 36.7 Å². The number of phosphoric acid groups is 1. The van der Waals surface area contributed by atoms with Crippen molar-refractivity contribution in [1.82, 2.24) is 39.0 Å². The third kappa shape index (κ3) is 4.71. The first-order valence-electron chi connectivity index (χ1n) is 13.9. The number of hydrogen-bond acceptors (Lipinski definition) is 17. The second-order valence-electron chi connectivity index (χ2n) is 11.4. The largest absolute Gasteiger partial charge is 0.472 e. The molecule has 46 heavy (non-hydrogen) atoms. The zero-order valence-corrected chi connectivity index (χ0v) is 25.2. The molecule has 8 rings (SSSR count). The molecule has 0 aromatic carbocycles. The summed E-state index contributed by atoms with van der Waals surface area (Å²) in [6, 6.07) is 0. The van der Waals surface area contributed by atoms with Gasteiger partial charge in [-0.1, -0.05) is 0 Å². The van der Waals surface area contributed by atoms with Crippen molar-refractivity contribution >= 4 is 57.0 Å². The number of aromatic nitrogens is 8. The van der Waals surface area contributed by atoms with Gasteiger partial charge in [0, 0.05) is 5.92 Å². The number of aromatic amines is 1. The lowest BCUT2D eigenvalue weighted by molar-refractivity contribution is -0.135. The number of aliphatic hydroxyl groups is 1. The summed E-state index contributed by atoms with van der Waals surface area (Å²) < 4.78 is 64.5. The maximum Gasteiger partial charge on any atom is 0.472 e. The lowest BCUT2D eigenvalue weighted by atomic mass is 10.0. The van der Waals surface area contributed by atoms with Crippen LogP contribution in [0.4, 0.5) is 11.8 Å². The van der Waals surface area contributed by atoms with E-state index in [1.807, 2.05) is 0 Å². The summed E-state index contributed by atoms with van der Waals surface area (Å²) in [6.07, 6.45) is -3.27. The number of fused-ring (bicyclic) bond motifs is 4. The second-order valence-corrected chi connectivity index (χ2v) is 14.3. The molecule has 4 aromatic rings. The minimum atomic E-state index is -4.88. The van der Waals surface area contributed by atoms with Crippen LogP contribution < -0.4 is 17.0 Å². The molecule has 4 aromatic heterocycles. The van der Waals surface area contributed by atoms with Crippen molar-refractivity contribution < 1.29 is 46.7 Å². The Kier molecular flexibility index (Phi) is 6.77. The van der Waals surface area contributed by atoms with E-state index in [1.165, 1.54) is 23.5 Å². The number of rotatable bonds is 2. The standard InChI is InChI=1S/C22H25BN10O11P2/c23-45(36)40-4-22-2-1-8(19(42-22)32-6-28-10-15(24)26-5-27-16(10)32)14(22)44-46(37,38)39-3-9-12(34)13(43-45)20(41-9)33-7-29-11-17(33)30-21(25)31-18(11)35/h5-9,12-14,19-20,34H,1-4H2,(H,37,38)(H2,24,26,27)(H3,25,30,31,35). The Morgan fingerprint density at radius 3 is 2.61 bits per heavy atom.